The van der Waals surface area contributed by atoms with E-state index >= 15 is 0 Å². The van der Waals surface area contributed by atoms with E-state index in [0.29, 0.717) is 11.5 Å². The van der Waals surface area contributed by atoms with Crippen LogP contribution in [0, 0.1) is 5.92 Å². The average Bonchev–Trinajstić information content (AvgIpc) is 2.46. The molecule has 1 aliphatic rings. The molecule has 3 heteroatoms. The lowest BCUT2D eigenvalue weighted by Gasteiger charge is -2.31. The van der Waals surface area contributed by atoms with E-state index in [4.69, 9.17) is 0 Å². The van der Waals surface area contributed by atoms with Gasteiger partial charge >= 0.3 is 0 Å². The fourth-order valence-corrected chi connectivity index (χ4v) is 2.96. The third kappa shape index (κ3) is 2.36. The molecule has 2 aromatic carbocycles. The second kappa shape index (κ2) is 5.16. The predicted octanol–water partition coefficient (Wildman–Crippen LogP) is 3.42. The Bertz CT molecular complexity index is 650. The van der Waals surface area contributed by atoms with Crippen LogP contribution in [0.5, 0.6) is 5.75 Å². The van der Waals surface area contributed by atoms with Gasteiger partial charge in [-0.05, 0) is 48.4 Å². The van der Waals surface area contributed by atoms with Crippen molar-refractivity contribution in [2.24, 2.45) is 5.92 Å². The number of likely N-dealkylation sites (tertiary alicyclic amines) is 1. The number of phenolic OH excluding ortho intramolecular Hbond substituents is 1. The van der Waals surface area contributed by atoms with Gasteiger partial charge in [0.2, 0.25) is 0 Å². The quantitative estimate of drug-likeness (QED) is 0.861. The third-order valence-corrected chi connectivity index (χ3v) is 4.05. The summed E-state index contributed by atoms with van der Waals surface area (Å²) in [6.07, 6.45) is 2.29. The van der Waals surface area contributed by atoms with Gasteiger partial charge in [0.05, 0.1) is 0 Å². The monoisotopic (exact) mass is 269 g/mol. The number of carbonyl (C=O) groups is 1. The highest BCUT2D eigenvalue weighted by Gasteiger charge is 2.22. The molecule has 104 valence electrons. The fraction of sp³-hybridized carbons (Fsp3) is 0.353. The fourth-order valence-electron chi connectivity index (χ4n) is 2.96. The Morgan fingerprint density at radius 1 is 1.30 bits per heavy atom. The molecule has 1 unspecified atom stereocenters. The van der Waals surface area contributed by atoms with Crippen LogP contribution in [-0.2, 0) is 0 Å². The number of amides is 1. The molecule has 0 aromatic heterocycles. The maximum Gasteiger partial charge on any atom is 0.253 e. The van der Waals surface area contributed by atoms with E-state index in [-0.39, 0.29) is 11.7 Å². The summed E-state index contributed by atoms with van der Waals surface area (Å²) in [5.41, 5.74) is 0.706. The molecule has 1 N–H and O–H groups in total. The summed E-state index contributed by atoms with van der Waals surface area (Å²) in [6.45, 7) is 3.88. The first-order valence-corrected chi connectivity index (χ1v) is 7.16. The smallest absolute Gasteiger partial charge is 0.253 e. The topological polar surface area (TPSA) is 40.5 Å². The van der Waals surface area contributed by atoms with Gasteiger partial charge in [0.15, 0.2) is 0 Å². The largest absolute Gasteiger partial charge is 0.507 e. The number of hydrogen-bond donors (Lipinski definition) is 1. The Morgan fingerprint density at radius 2 is 2.15 bits per heavy atom. The van der Waals surface area contributed by atoms with Crippen LogP contribution in [0.1, 0.15) is 30.1 Å². The molecule has 1 fully saturated rings. The van der Waals surface area contributed by atoms with Gasteiger partial charge < -0.3 is 10.0 Å². The van der Waals surface area contributed by atoms with Crippen molar-refractivity contribution in [3.05, 3.63) is 42.0 Å². The molecule has 0 radical (unpaired) electrons. The highest BCUT2D eigenvalue weighted by atomic mass is 16.3. The van der Waals surface area contributed by atoms with E-state index in [0.717, 1.165) is 30.3 Å². The number of rotatable bonds is 1. The summed E-state index contributed by atoms with van der Waals surface area (Å²) in [6, 6.07) is 10.9. The van der Waals surface area contributed by atoms with Crippen molar-refractivity contribution in [1.82, 2.24) is 4.90 Å². The zero-order chi connectivity index (χ0) is 14.1. The molecule has 1 saturated heterocycles. The van der Waals surface area contributed by atoms with Crippen molar-refractivity contribution in [1.29, 1.82) is 0 Å². The van der Waals surface area contributed by atoms with Crippen LogP contribution in [0.25, 0.3) is 10.8 Å². The molecule has 1 amide bonds. The van der Waals surface area contributed by atoms with Gasteiger partial charge in [-0.1, -0.05) is 19.1 Å². The maximum atomic E-state index is 12.5. The average molecular weight is 269 g/mol. The summed E-state index contributed by atoms with van der Waals surface area (Å²) < 4.78 is 0. The Kier molecular flexibility index (Phi) is 3.35. The number of aromatic hydroxyl groups is 1. The lowest BCUT2D eigenvalue weighted by Crippen LogP contribution is -2.39. The lowest BCUT2D eigenvalue weighted by molar-refractivity contribution is 0.0683. The molecule has 20 heavy (non-hydrogen) atoms. The van der Waals surface area contributed by atoms with E-state index in [1.165, 1.54) is 6.42 Å². The molecule has 3 rings (SSSR count). The van der Waals surface area contributed by atoms with Crippen LogP contribution in [0.3, 0.4) is 0 Å². The minimum absolute atomic E-state index is 0.0989. The van der Waals surface area contributed by atoms with Gasteiger partial charge in [0, 0.05) is 24.0 Å². The molecule has 1 aliphatic heterocycles. The summed E-state index contributed by atoms with van der Waals surface area (Å²) in [7, 11) is 0. The number of nitrogens with zero attached hydrogens (tertiary/aromatic N) is 1. The number of benzene rings is 2. The van der Waals surface area contributed by atoms with Crippen molar-refractivity contribution >= 4 is 16.7 Å². The Hall–Kier alpha value is -2.03. The molecule has 0 saturated carbocycles. The van der Waals surface area contributed by atoms with Crippen LogP contribution in [0.2, 0.25) is 0 Å². The first-order chi connectivity index (χ1) is 9.65. The van der Waals surface area contributed by atoms with Gasteiger partial charge in [-0.3, -0.25) is 4.79 Å². The molecule has 0 bridgehead atoms. The van der Waals surface area contributed by atoms with Crippen LogP contribution in [0.4, 0.5) is 0 Å². The van der Waals surface area contributed by atoms with Crippen molar-refractivity contribution in [3.8, 4) is 5.75 Å². The van der Waals surface area contributed by atoms with Crippen molar-refractivity contribution < 1.29 is 9.90 Å². The number of carbonyl (C=O) groups excluding carboxylic acids is 1. The molecular formula is C17H19NO2. The molecule has 3 nitrogen and oxygen atoms in total. The number of hydrogen-bond acceptors (Lipinski definition) is 2. The second-order valence-electron chi connectivity index (χ2n) is 5.71. The summed E-state index contributed by atoms with van der Waals surface area (Å²) in [5.74, 6) is 0.937. The van der Waals surface area contributed by atoms with Crippen LogP contribution in [-0.4, -0.2) is 29.0 Å². The number of piperidine rings is 1. The van der Waals surface area contributed by atoms with Gasteiger partial charge in [0.25, 0.3) is 5.91 Å². The van der Waals surface area contributed by atoms with Crippen LogP contribution in [0.15, 0.2) is 36.4 Å². The SMILES string of the molecule is CC1CCCN(C(=O)c2ccc3c(O)cccc3c2)C1. The third-order valence-electron chi connectivity index (χ3n) is 4.05. The predicted molar refractivity (Wildman–Crippen MR) is 79.9 cm³/mol. The van der Waals surface area contributed by atoms with Gasteiger partial charge in [-0.25, -0.2) is 0 Å². The number of phenols is 1. The Labute approximate surface area is 118 Å². The Morgan fingerprint density at radius 3 is 2.95 bits per heavy atom. The maximum absolute atomic E-state index is 12.5. The molecule has 2 aromatic rings. The minimum atomic E-state index is 0.0989. The van der Waals surface area contributed by atoms with E-state index in [9.17, 15) is 9.90 Å². The lowest BCUT2D eigenvalue weighted by atomic mass is 9.99. The van der Waals surface area contributed by atoms with Crippen molar-refractivity contribution in [3.63, 3.8) is 0 Å². The highest BCUT2D eigenvalue weighted by Crippen LogP contribution is 2.26. The van der Waals surface area contributed by atoms with Crippen molar-refractivity contribution in [2.75, 3.05) is 13.1 Å². The molecular weight excluding hydrogens is 250 g/mol. The van der Waals surface area contributed by atoms with Gasteiger partial charge in [-0.2, -0.15) is 0 Å². The zero-order valence-corrected chi connectivity index (χ0v) is 11.7. The van der Waals surface area contributed by atoms with Crippen LogP contribution < -0.4 is 0 Å². The second-order valence-corrected chi connectivity index (χ2v) is 5.71. The zero-order valence-electron chi connectivity index (χ0n) is 11.7. The number of fused-ring (bicyclic) bond motifs is 1. The molecule has 1 heterocycles. The van der Waals surface area contributed by atoms with E-state index < -0.39 is 0 Å². The normalized spacial score (nSPS) is 19.2. The summed E-state index contributed by atoms with van der Waals surface area (Å²) in [5, 5.41) is 11.5. The molecule has 0 spiro atoms. The van der Waals surface area contributed by atoms with E-state index in [1.54, 1.807) is 12.1 Å². The molecule has 0 aliphatic carbocycles. The van der Waals surface area contributed by atoms with Gasteiger partial charge in [0.1, 0.15) is 5.75 Å². The first-order valence-electron chi connectivity index (χ1n) is 7.16. The van der Waals surface area contributed by atoms with Crippen LogP contribution >= 0.6 is 0 Å². The summed E-state index contributed by atoms with van der Waals surface area (Å²) >= 11 is 0. The van der Waals surface area contributed by atoms with Gasteiger partial charge in [-0.15, -0.1) is 0 Å². The van der Waals surface area contributed by atoms with E-state index in [1.807, 2.05) is 29.2 Å². The first kappa shape index (κ1) is 13.0. The minimum Gasteiger partial charge on any atom is -0.507 e. The summed E-state index contributed by atoms with van der Waals surface area (Å²) in [4.78, 5) is 14.5. The highest BCUT2D eigenvalue weighted by molar-refractivity contribution is 5.99. The van der Waals surface area contributed by atoms with E-state index in [2.05, 4.69) is 6.92 Å². The van der Waals surface area contributed by atoms with Crippen molar-refractivity contribution in [2.45, 2.75) is 19.8 Å². The standard InChI is InChI=1S/C17H19NO2/c1-12-4-3-9-18(11-12)17(20)14-7-8-15-13(10-14)5-2-6-16(15)19/h2,5-8,10,12,19H,3-4,9,11H2,1H3. The Balaban J connectivity index is 1.92. The molecule has 1 atom stereocenters.